The lowest BCUT2D eigenvalue weighted by Gasteiger charge is -2.21. The topological polar surface area (TPSA) is 68.4 Å². The van der Waals surface area contributed by atoms with Gasteiger partial charge >= 0.3 is 0 Å². The summed E-state index contributed by atoms with van der Waals surface area (Å²) in [5.41, 5.74) is 18.5. The molecule has 2 N–H and O–H groups in total. The van der Waals surface area contributed by atoms with Crippen molar-refractivity contribution in [1.82, 2.24) is 9.80 Å². The average Bonchev–Trinajstić information content (AvgIpc) is 4.31. The maximum Gasteiger partial charge on any atom is 0.218 e. The minimum atomic E-state index is 0.707. The summed E-state index contributed by atoms with van der Waals surface area (Å²) in [5, 5.41) is 0. The van der Waals surface area contributed by atoms with Crippen LogP contribution in [0.1, 0.15) is 87.0 Å². The molecule has 11 rings (SSSR count). The summed E-state index contributed by atoms with van der Waals surface area (Å²) in [5.74, 6) is 0.874. The minimum Gasteiger partial charge on any atom is -0.494 e. The Kier molecular flexibility index (Phi) is 14.9. The summed E-state index contributed by atoms with van der Waals surface area (Å²) in [6.45, 7) is 5.05. The van der Waals surface area contributed by atoms with E-state index in [4.69, 9.17) is 14.7 Å². The lowest BCUT2D eigenvalue weighted by molar-refractivity contribution is -0.388. The molecular weight excluding hydrogens is 905 g/mol. The van der Waals surface area contributed by atoms with E-state index in [2.05, 4.69) is 240 Å². The predicted molar refractivity (Wildman–Crippen MR) is 307 cm³/mol. The monoisotopic (exact) mass is 969 g/mol. The van der Waals surface area contributed by atoms with Crippen molar-refractivity contribution in [2.24, 2.45) is 9.98 Å². The molecule has 8 bridgehead atoms. The van der Waals surface area contributed by atoms with E-state index in [1.807, 2.05) is 0 Å². The van der Waals surface area contributed by atoms with Crippen molar-refractivity contribution in [1.29, 1.82) is 0 Å². The van der Waals surface area contributed by atoms with Gasteiger partial charge in [0.2, 0.25) is 22.8 Å². The predicted octanol–water partition coefficient (Wildman–Crippen LogP) is 11.7. The van der Waals surface area contributed by atoms with Crippen molar-refractivity contribution < 1.29 is 14.7 Å². The normalized spacial score (nSPS) is 17.5. The zero-order valence-electron chi connectivity index (χ0n) is 42.4. The zero-order valence-corrected chi connectivity index (χ0v) is 42.4. The van der Waals surface area contributed by atoms with E-state index in [0.717, 1.165) is 122 Å². The number of benzene rings is 4. The first-order valence-electron chi connectivity index (χ1n) is 26.7. The Bertz CT molecular complexity index is 3250. The van der Waals surface area contributed by atoms with Crippen LogP contribution in [0.5, 0.6) is 5.75 Å². The molecule has 0 saturated carbocycles. The second-order valence-corrected chi connectivity index (χ2v) is 19.5. The highest BCUT2D eigenvalue weighted by molar-refractivity contribution is 6.37. The molecular formula is C67H64N6O+2. The van der Waals surface area contributed by atoms with Gasteiger partial charge in [0.05, 0.1) is 40.6 Å². The molecule has 0 spiro atoms. The molecule has 0 amide bonds. The molecule has 0 radical (unpaired) electrons. The molecule has 7 nitrogen and oxygen atoms in total. The van der Waals surface area contributed by atoms with E-state index in [1.54, 1.807) is 0 Å². The van der Waals surface area contributed by atoms with Gasteiger partial charge in [-0.2, -0.15) is 0 Å². The van der Waals surface area contributed by atoms with Crippen LogP contribution in [0.3, 0.4) is 0 Å². The SMILES string of the molecule is CCCN1C=CC(=C2C=CN(CCCCCCCCCCOc3ccc(C4=C5C=CC(=N5)C(c5ccccc5)=C5C=CC(=[NH+]5)C(c5ccccc5)=C5C=CC(=[NH+]5)C(c5ccccc5)=C5C=CC4=N5)cc3)C=C2)C=C1. The first kappa shape index (κ1) is 47.9. The Morgan fingerprint density at radius 1 is 0.392 bits per heavy atom. The van der Waals surface area contributed by atoms with Crippen LogP contribution in [-0.4, -0.2) is 52.3 Å². The maximum absolute atomic E-state index is 6.34. The highest BCUT2D eigenvalue weighted by atomic mass is 16.5. The van der Waals surface area contributed by atoms with Crippen LogP contribution in [0.2, 0.25) is 0 Å². The second-order valence-electron chi connectivity index (χ2n) is 19.5. The molecule has 74 heavy (non-hydrogen) atoms. The molecule has 0 saturated heterocycles. The van der Waals surface area contributed by atoms with Crippen LogP contribution in [0.25, 0.3) is 22.3 Å². The Hall–Kier alpha value is -8.42. The van der Waals surface area contributed by atoms with E-state index in [0.29, 0.717) is 6.61 Å². The number of ether oxygens (including phenoxy) is 1. The highest BCUT2D eigenvalue weighted by Gasteiger charge is 2.33. The number of unbranched alkanes of at least 4 members (excludes halogenated alkanes) is 7. The quantitative estimate of drug-likeness (QED) is 0.0977. The molecule has 0 aliphatic carbocycles. The van der Waals surface area contributed by atoms with E-state index in [-0.39, 0.29) is 0 Å². The number of fused-ring (bicyclic) bond motifs is 4. The second kappa shape index (κ2) is 23.0. The van der Waals surface area contributed by atoms with Gasteiger partial charge in [0.25, 0.3) is 0 Å². The van der Waals surface area contributed by atoms with Gasteiger partial charge in [0, 0.05) is 67.8 Å². The third-order valence-corrected chi connectivity index (χ3v) is 14.3. The smallest absolute Gasteiger partial charge is 0.218 e. The Balaban J connectivity index is 0.767. The summed E-state index contributed by atoms with van der Waals surface area (Å²) in [6, 6.07) is 40.2. The molecule has 4 aromatic carbocycles. The minimum absolute atomic E-state index is 0.707. The van der Waals surface area contributed by atoms with Gasteiger partial charge < -0.3 is 14.5 Å². The van der Waals surface area contributed by atoms with Gasteiger partial charge in [0.15, 0.2) is 0 Å². The fourth-order valence-electron chi connectivity index (χ4n) is 10.5. The number of rotatable bonds is 18. The number of nitrogens with one attached hydrogen (secondary N) is 2. The van der Waals surface area contributed by atoms with Crippen molar-refractivity contribution >= 4 is 45.1 Å². The molecule has 7 heteroatoms. The Morgan fingerprint density at radius 2 is 0.838 bits per heavy atom. The first-order chi connectivity index (χ1) is 36.6. The number of allylic oxidation sites excluding steroid dienone is 18. The fourth-order valence-corrected chi connectivity index (χ4v) is 10.5. The molecule has 0 fully saturated rings. The van der Waals surface area contributed by atoms with E-state index in [1.165, 1.54) is 56.1 Å². The molecule has 366 valence electrons. The van der Waals surface area contributed by atoms with Crippen molar-refractivity contribution in [3.63, 3.8) is 0 Å². The summed E-state index contributed by atoms with van der Waals surface area (Å²) < 4.78 is 6.34. The number of hydrogen-bond donors (Lipinski definition) is 2. The summed E-state index contributed by atoms with van der Waals surface area (Å²) in [7, 11) is 0. The number of hydrogen-bond acceptors (Lipinski definition) is 5. The molecule has 4 aromatic rings. The standard InChI is InChI=1S/C67H62N6O/c1-2-42-72-44-38-49(39-45-72)50-40-46-73(47-41-50)43-18-7-5-3-4-6-8-19-48-74-55-28-26-54(27-29-55)67-62-36-34-60(70-62)65(52-22-14-10-15-23-52)58-32-30-56(68-58)64(51-20-12-9-13-21-51)57-31-33-59(69-57)66(53-24-16-11-17-25-53)61-35-37-63(67)71-61/h9-17,20-41,44-47H,2-8,18-19,42-43,48H2,1H3/p+2. The van der Waals surface area contributed by atoms with Crippen LogP contribution in [0.15, 0.2) is 257 Å². The lowest BCUT2D eigenvalue weighted by Crippen LogP contribution is -2.71. The highest BCUT2D eigenvalue weighted by Crippen LogP contribution is 2.35. The molecule has 7 aliphatic rings. The van der Waals surface area contributed by atoms with Gasteiger partial charge in [-0.25, -0.2) is 20.0 Å². The largest absolute Gasteiger partial charge is 0.494 e. The first-order valence-corrected chi connectivity index (χ1v) is 26.7. The van der Waals surface area contributed by atoms with Gasteiger partial charge in [0.1, 0.15) is 11.3 Å². The zero-order chi connectivity index (χ0) is 49.9. The van der Waals surface area contributed by atoms with Gasteiger partial charge in [-0.1, -0.05) is 149 Å². The van der Waals surface area contributed by atoms with Crippen molar-refractivity contribution in [2.75, 3.05) is 19.7 Å². The van der Waals surface area contributed by atoms with E-state index >= 15 is 0 Å². The van der Waals surface area contributed by atoms with Gasteiger partial charge in [-0.3, -0.25) is 0 Å². The van der Waals surface area contributed by atoms with Crippen LogP contribution in [0, 0.1) is 0 Å². The van der Waals surface area contributed by atoms with Gasteiger partial charge in [-0.15, -0.1) is 0 Å². The summed E-state index contributed by atoms with van der Waals surface area (Å²) >= 11 is 0. The van der Waals surface area contributed by atoms with Gasteiger partial charge in [-0.05, 0) is 113 Å². The van der Waals surface area contributed by atoms with Crippen molar-refractivity contribution in [2.45, 2.75) is 64.7 Å². The van der Waals surface area contributed by atoms with Crippen LogP contribution >= 0.6 is 0 Å². The molecule has 7 heterocycles. The third kappa shape index (κ3) is 11.0. The molecule has 0 atom stereocenters. The fraction of sp³-hybridized carbons (Fsp3) is 0.194. The Labute approximate surface area is 437 Å². The van der Waals surface area contributed by atoms with E-state index < -0.39 is 0 Å². The van der Waals surface area contributed by atoms with Crippen LogP contribution in [0.4, 0.5) is 0 Å². The molecule has 0 unspecified atom stereocenters. The van der Waals surface area contributed by atoms with Crippen LogP contribution < -0.4 is 14.7 Å². The van der Waals surface area contributed by atoms with Crippen molar-refractivity contribution in [3.05, 3.63) is 269 Å². The van der Waals surface area contributed by atoms with Crippen molar-refractivity contribution in [3.8, 4) is 5.75 Å². The van der Waals surface area contributed by atoms with E-state index in [9.17, 15) is 0 Å². The third-order valence-electron chi connectivity index (χ3n) is 14.3. The molecule has 0 aromatic heterocycles. The Morgan fingerprint density at radius 3 is 1.41 bits per heavy atom. The number of aliphatic imine (C=N–C) groups is 2. The number of nitrogens with zero attached hydrogens (tertiary/aromatic N) is 4. The summed E-state index contributed by atoms with van der Waals surface area (Å²) in [6.07, 6.45) is 46.0. The summed E-state index contributed by atoms with van der Waals surface area (Å²) in [4.78, 5) is 23.2. The average molecular weight is 969 g/mol. The maximum atomic E-state index is 6.34. The van der Waals surface area contributed by atoms with Crippen LogP contribution in [-0.2, 0) is 0 Å². The molecule has 7 aliphatic heterocycles. The lowest BCUT2D eigenvalue weighted by atomic mass is 9.98.